The molecule has 1 heterocycles. The fourth-order valence-electron chi connectivity index (χ4n) is 1.61. The molecule has 0 aliphatic heterocycles. The highest BCUT2D eigenvalue weighted by Gasteiger charge is 1.97. The van der Waals surface area contributed by atoms with E-state index in [0.717, 1.165) is 22.9 Å². The van der Waals surface area contributed by atoms with E-state index < -0.39 is 0 Å². The molecule has 1 aromatic carbocycles. The topological polar surface area (TPSA) is 58.9 Å². The zero-order valence-electron chi connectivity index (χ0n) is 8.94. The SMILES string of the molecule is NCCC=Cc1ccc2c(=O)cc[nH]c2c1. The first-order valence-electron chi connectivity index (χ1n) is 5.29. The Kier molecular flexibility index (Phi) is 3.17. The lowest BCUT2D eigenvalue weighted by Crippen LogP contribution is -1.99. The normalized spacial score (nSPS) is 11.3. The number of rotatable bonds is 3. The Morgan fingerprint density at radius 2 is 2.19 bits per heavy atom. The van der Waals surface area contributed by atoms with Crippen molar-refractivity contribution < 1.29 is 0 Å². The molecule has 0 amide bonds. The quantitative estimate of drug-likeness (QED) is 0.819. The number of fused-ring (bicyclic) bond motifs is 1. The number of benzene rings is 1. The summed E-state index contributed by atoms with van der Waals surface area (Å²) in [4.78, 5) is 14.6. The summed E-state index contributed by atoms with van der Waals surface area (Å²) in [6.07, 6.45) is 6.57. The van der Waals surface area contributed by atoms with Crippen molar-refractivity contribution in [3.63, 3.8) is 0 Å². The highest BCUT2D eigenvalue weighted by atomic mass is 16.1. The Balaban J connectivity index is 2.41. The summed E-state index contributed by atoms with van der Waals surface area (Å²) in [5, 5.41) is 0.721. The van der Waals surface area contributed by atoms with Crippen molar-refractivity contribution in [1.82, 2.24) is 4.98 Å². The van der Waals surface area contributed by atoms with Crippen LogP contribution in [0.4, 0.5) is 0 Å². The van der Waals surface area contributed by atoms with E-state index >= 15 is 0 Å². The number of aromatic amines is 1. The summed E-state index contributed by atoms with van der Waals surface area (Å²) in [5.41, 5.74) is 7.39. The first kappa shape index (κ1) is 10.6. The summed E-state index contributed by atoms with van der Waals surface area (Å²) >= 11 is 0. The van der Waals surface area contributed by atoms with Gasteiger partial charge < -0.3 is 10.7 Å². The van der Waals surface area contributed by atoms with E-state index in [2.05, 4.69) is 4.98 Å². The van der Waals surface area contributed by atoms with Gasteiger partial charge in [0.05, 0.1) is 0 Å². The van der Waals surface area contributed by atoms with Gasteiger partial charge in [-0.25, -0.2) is 0 Å². The van der Waals surface area contributed by atoms with E-state index in [1.54, 1.807) is 6.20 Å². The fourth-order valence-corrected chi connectivity index (χ4v) is 1.61. The van der Waals surface area contributed by atoms with Gasteiger partial charge in [0.25, 0.3) is 0 Å². The molecule has 0 atom stereocenters. The third-order valence-electron chi connectivity index (χ3n) is 2.43. The second-order valence-corrected chi connectivity index (χ2v) is 3.63. The molecule has 0 spiro atoms. The van der Waals surface area contributed by atoms with Crippen LogP contribution >= 0.6 is 0 Å². The number of nitrogens with one attached hydrogen (secondary N) is 1. The highest BCUT2D eigenvalue weighted by Crippen LogP contribution is 2.11. The number of hydrogen-bond acceptors (Lipinski definition) is 2. The van der Waals surface area contributed by atoms with Crippen molar-refractivity contribution >= 4 is 17.0 Å². The minimum absolute atomic E-state index is 0.0474. The first-order chi connectivity index (χ1) is 7.81. The van der Waals surface area contributed by atoms with Gasteiger partial charge in [-0.1, -0.05) is 18.2 Å². The lowest BCUT2D eigenvalue weighted by molar-refractivity contribution is 1.01. The third kappa shape index (κ3) is 2.20. The molecule has 0 aliphatic carbocycles. The Bertz CT molecular complexity index is 569. The summed E-state index contributed by atoms with van der Waals surface area (Å²) in [6.45, 7) is 0.654. The average molecular weight is 214 g/mol. The number of nitrogens with two attached hydrogens (primary N) is 1. The van der Waals surface area contributed by atoms with Crippen LogP contribution in [0.25, 0.3) is 17.0 Å². The summed E-state index contributed by atoms with van der Waals surface area (Å²) in [6, 6.07) is 7.27. The molecule has 3 nitrogen and oxygen atoms in total. The maximum absolute atomic E-state index is 11.5. The fraction of sp³-hybridized carbons (Fsp3) is 0.154. The van der Waals surface area contributed by atoms with Gasteiger partial charge in [-0.05, 0) is 30.7 Å². The first-order valence-corrected chi connectivity index (χ1v) is 5.29. The van der Waals surface area contributed by atoms with E-state index in [1.165, 1.54) is 6.07 Å². The van der Waals surface area contributed by atoms with E-state index in [1.807, 2.05) is 30.4 Å². The maximum Gasteiger partial charge on any atom is 0.189 e. The van der Waals surface area contributed by atoms with Crippen molar-refractivity contribution in [3.8, 4) is 0 Å². The van der Waals surface area contributed by atoms with Crippen LogP contribution in [0.1, 0.15) is 12.0 Å². The predicted molar refractivity (Wildman–Crippen MR) is 67.3 cm³/mol. The van der Waals surface area contributed by atoms with Crippen molar-refractivity contribution in [3.05, 3.63) is 52.3 Å². The van der Waals surface area contributed by atoms with Gasteiger partial charge in [-0.3, -0.25) is 4.79 Å². The Morgan fingerprint density at radius 3 is 3.00 bits per heavy atom. The van der Waals surface area contributed by atoms with Crippen LogP contribution < -0.4 is 11.2 Å². The van der Waals surface area contributed by atoms with Crippen molar-refractivity contribution in [1.29, 1.82) is 0 Å². The van der Waals surface area contributed by atoms with Crippen molar-refractivity contribution in [2.24, 2.45) is 5.73 Å². The van der Waals surface area contributed by atoms with Gasteiger partial charge in [0.15, 0.2) is 5.43 Å². The molecule has 0 saturated heterocycles. The van der Waals surface area contributed by atoms with Gasteiger partial charge >= 0.3 is 0 Å². The summed E-state index contributed by atoms with van der Waals surface area (Å²) in [5.74, 6) is 0. The molecular formula is C13H14N2O. The minimum Gasteiger partial charge on any atom is -0.361 e. The summed E-state index contributed by atoms with van der Waals surface area (Å²) in [7, 11) is 0. The highest BCUT2D eigenvalue weighted by molar-refractivity contribution is 5.80. The summed E-state index contributed by atoms with van der Waals surface area (Å²) < 4.78 is 0. The lowest BCUT2D eigenvalue weighted by Gasteiger charge is -1.98. The number of aromatic nitrogens is 1. The van der Waals surface area contributed by atoms with Gasteiger partial charge in [0.2, 0.25) is 0 Å². The maximum atomic E-state index is 11.5. The second kappa shape index (κ2) is 4.77. The lowest BCUT2D eigenvalue weighted by atomic mass is 10.1. The molecular weight excluding hydrogens is 200 g/mol. The van der Waals surface area contributed by atoms with Crippen LogP contribution in [0.5, 0.6) is 0 Å². The van der Waals surface area contributed by atoms with Crippen molar-refractivity contribution in [2.45, 2.75) is 6.42 Å². The smallest absolute Gasteiger partial charge is 0.189 e. The van der Waals surface area contributed by atoms with Gasteiger partial charge in [0, 0.05) is 23.2 Å². The zero-order valence-corrected chi connectivity index (χ0v) is 8.94. The molecule has 2 aromatic rings. The van der Waals surface area contributed by atoms with Crippen LogP contribution in [0.2, 0.25) is 0 Å². The molecule has 82 valence electrons. The van der Waals surface area contributed by atoms with Gasteiger partial charge in [0.1, 0.15) is 0 Å². The third-order valence-corrected chi connectivity index (χ3v) is 2.43. The van der Waals surface area contributed by atoms with Gasteiger partial charge in [-0.15, -0.1) is 0 Å². The molecule has 16 heavy (non-hydrogen) atoms. The molecule has 0 radical (unpaired) electrons. The largest absolute Gasteiger partial charge is 0.361 e. The van der Waals surface area contributed by atoms with E-state index in [-0.39, 0.29) is 5.43 Å². The molecule has 1 aromatic heterocycles. The number of hydrogen-bond donors (Lipinski definition) is 2. The van der Waals surface area contributed by atoms with Crippen LogP contribution in [-0.2, 0) is 0 Å². The molecule has 3 N–H and O–H groups in total. The van der Waals surface area contributed by atoms with Crippen LogP contribution in [0.15, 0.2) is 41.3 Å². The minimum atomic E-state index is 0.0474. The van der Waals surface area contributed by atoms with Crippen molar-refractivity contribution in [2.75, 3.05) is 6.54 Å². The second-order valence-electron chi connectivity index (χ2n) is 3.63. The molecule has 0 saturated carbocycles. The van der Waals surface area contributed by atoms with E-state index in [9.17, 15) is 4.79 Å². The molecule has 0 bridgehead atoms. The molecule has 0 aliphatic rings. The number of H-pyrrole nitrogens is 1. The zero-order chi connectivity index (χ0) is 11.4. The van der Waals surface area contributed by atoms with Crippen LogP contribution in [0.3, 0.4) is 0 Å². The van der Waals surface area contributed by atoms with Crippen LogP contribution in [-0.4, -0.2) is 11.5 Å². The monoisotopic (exact) mass is 214 g/mol. The number of pyridine rings is 1. The molecule has 3 heteroatoms. The standard InChI is InChI=1S/C13H14N2O/c14-7-2-1-3-10-4-5-11-12(9-10)15-8-6-13(11)16/h1,3-6,8-9H,2,7,14H2,(H,15,16). The predicted octanol–water partition coefficient (Wildman–Crippen LogP) is 1.89. The van der Waals surface area contributed by atoms with E-state index in [4.69, 9.17) is 5.73 Å². The average Bonchev–Trinajstić information content (AvgIpc) is 2.30. The Morgan fingerprint density at radius 1 is 1.31 bits per heavy atom. The Hall–Kier alpha value is -1.87. The van der Waals surface area contributed by atoms with Gasteiger partial charge in [-0.2, -0.15) is 0 Å². The molecule has 0 unspecified atom stereocenters. The van der Waals surface area contributed by atoms with E-state index in [0.29, 0.717) is 6.54 Å². The molecule has 0 fully saturated rings. The van der Waals surface area contributed by atoms with Crippen LogP contribution in [0, 0.1) is 0 Å². The Labute approximate surface area is 93.6 Å². The molecule has 2 rings (SSSR count).